The van der Waals surface area contributed by atoms with E-state index in [-0.39, 0.29) is 0 Å². The van der Waals surface area contributed by atoms with Gasteiger partial charge in [0, 0.05) is 53.7 Å². The van der Waals surface area contributed by atoms with Crippen molar-refractivity contribution in [1.82, 2.24) is 4.57 Å². The third-order valence-corrected chi connectivity index (χ3v) is 12.2. The molecule has 0 radical (unpaired) electrons. The third kappa shape index (κ3) is 5.32. The number of fused-ring (bicyclic) bond motifs is 7. The molecular weight excluding hydrogens is 685 g/mol. The molecule has 0 aliphatic carbocycles. The molecule has 0 spiro atoms. The average Bonchev–Trinajstić information content (AvgIpc) is 3.80. The Kier molecular flexibility index (Phi) is 7.39. The Morgan fingerprint density at radius 2 is 0.855 bits per heavy atom. The number of para-hydroxylation sites is 2. The van der Waals surface area contributed by atoms with Crippen LogP contribution in [0.1, 0.15) is 0 Å². The fourth-order valence-electron chi connectivity index (χ4n) is 8.37. The normalized spacial score (nSPS) is 11.6. The Bertz CT molecular complexity index is 3130. The van der Waals surface area contributed by atoms with E-state index in [0.717, 1.165) is 22.7 Å². The van der Waals surface area contributed by atoms with E-state index < -0.39 is 0 Å². The van der Waals surface area contributed by atoms with Crippen LogP contribution in [0.15, 0.2) is 206 Å². The van der Waals surface area contributed by atoms with Crippen molar-refractivity contribution in [2.45, 2.75) is 0 Å². The number of aromatic nitrogens is 1. The summed E-state index contributed by atoms with van der Waals surface area (Å²) in [5.74, 6) is 0. The van der Waals surface area contributed by atoms with Gasteiger partial charge in [-0.3, -0.25) is 0 Å². The topological polar surface area (TPSA) is 8.17 Å². The first kappa shape index (κ1) is 31.6. The highest BCUT2D eigenvalue weighted by Gasteiger charge is 2.17. The summed E-state index contributed by atoms with van der Waals surface area (Å²) in [7, 11) is 0. The molecule has 258 valence electrons. The van der Waals surface area contributed by atoms with Crippen LogP contribution in [0.25, 0.3) is 80.7 Å². The van der Waals surface area contributed by atoms with Crippen LogP contribution in [0, 0.1) is 0 Å². The maximum Gasteiger partial charge on any atom is 0.0541 e. The van der Waals surface area contributed by atoms with E-state index in [4.69, 9.17) is 0 Å². The number of thiophene rings is 1. The van der Waals surface area contributed by atoms with E-state index in [1.54, 1.807) is 0 Å². The molecule has 0 fully saturated rings. The van der Waals surface area contributed by atoms with Gasteiger partial charge in [0.1, 0.15) is 0 Å². The quantitative estimate of drug-likeness (QED) is 0.166. The highest BCUT2D eigenvalue weighted by molar-refractivity contribution is 7.25. The molecule has 0 bridgehead atoms. The summed E-state index contributed by atoms with van der Waals surface area (Å²) < 4.78 is 4.99. The molecule has 0 unspecified atom stereocenters. The summed E-state index contributed by atoms with van der Waals surface area (Å²) >= 11 is 1.85. The van der Waals surface area contributed by atoms with Gasteiger partial charge in [-0.25, -0.2) is 0 Å². The van der Waals surface area contributed by atoms with Gasteiger partial charge in [-0.2, -0.15) is 0 Å². The van der Waals surface area contributed by atoms with Crippen LogP contribution >= 0.6 is 11.3 Å². The Morgan fingerprint density at radius 3 is 1.55 bits per heavy atom. The first-order chi connectivity index (χ1) is 27.3. The fraction of sp³-hybridized carbons (Fsp3) is 0. The van der Waals surface area contributed by atoms with Gasteiger partial charge in [-0.15, -0.1) is 11.3 Å². The minimum Gasteiger partial charge on any atom is -0.310 e. The molecule has 0 atom stereocenters. The van der Waals surface area contributed by atoms with Gasteiger partial charge in [0.05, 0.1) is 11.0 Å². The summed E-state index contributed by atoms with van der Waals surface area (Å²) in [4.78, 5) is 2.38. The molecule has 3 heteroatoms. The number of rotatable bonds is 6. The lowest BCUT2D eigenvalue weighted by molar-refractivity contribution is 1.18. The minimum atomic E-state index is 1.11. The molecule has 11 rings (SSSR count). The van der Waals surface area contributed by atoms with E-state index in [1.807, 2.05) is 11.3 Å². The molecule has 0 saturated carbocycles. The maximum atomic E-state index is 2.38. The Balaban J connectivity index is 0.979. The molecule has 0 aliphatic rings. The number of benzene rings is 9. The van der Waals surface area contributed by atoms with E-state index >= 15 is 0 Å². The van der Waals surface area contributed by atoms with Crippen LogP contribution in [0.3, 0.4) is 0 Å². The largest absolute Gasteiger partial charge is 0.310 e. The Hall–Kier alpha value is -6.94. The van der Waals surface area contributed by atoms with Crippen molar-refractivity contribution < 1.29 is 0 Å². The minimum absolute atomic E-state index is 1.11. The van der Waals surface area contributed by atoms with Crippen LogP contribution in [0.2, 0.25) is 0 Å². The summed E-state index contributed by atoms with van der Waals surface area (Å²) in [5.41, 5.74) is 11.8. The summed E-state index contributed by atoms with van der Waals surface area (Å²) in [6, 6.07) is 75.2. The van der Waals surface area contributed by atoms with Gasteiger partial charge in [-0.1, -0.05) is 133 Å². The van der Waals surface area contributed by atoms with Crippen LogP contribution < -0.4 is 4.90 Å². The van der Waals surface area contributed by atoms with E-state index in [9.17, 15) is 0 Å². The molecule has 0 saturated heterocycles. The second-order valence-electron chi connectivity index (χ2n) is 14.2. The Morgan fingerprint density at radius 1 is 0.345 bits per heavy atom. The van der Waals surface area contributed by atoms with Gasteiger partial charge >= 0.3 is 0 Å². The molecule has 0 aliphatic heterocycles. The third-order valence-electron chi connectivity index (χ3n) is 11.0. The number of anilines is 3. The van der Waals surface area contributed by atoms with Gasteiger partial charge in [0.15, 0.2) is 0 Å². The van der Waals surface area contributed by atoms with Crippen molar-refractivity contribution in [2.75, 3.05) is 4.90 Å². The molecule has 9 aromatic carbocycles. The standard InChI is InChI=1S/C52H34N2S/c1-2-12-43-37(10-1)11-9-16-44(43)38-24-30-40(31-25-38)53(42-32-33-52-48(34-42)47-15-5-8-19-51(47)55-52)39-26-20-35(21-27-39)36-22-28-41(29-23-36)54-49-17-6-3-13-45(49)46-14-4-7-18-50(46)54/h1-34H. The van der Waals surface area contributed by atoms with E-state index in [2.05, 4.69) is 216 Å². The zero-order valence-electron chi connectivity index (χ0n) is 29.9. The lowest BCUT2D eigenvalue weighted by Gasteiger charge is -2.26. The SMILES string of the molecule is c1ccc2c(-c3ccc(N(c4ccc(-c5ccc(-n6c7ccccc7c7ccccc76)cc5)cc4)c4ccc5sc6ccccc6c5c4)cc3)cccc2c1. The van der Waals surface area contributed by atoms with Gasteiger partial charge < -0.3 is 9.47 Å². The first-order valence-corrected chi connectivity index (χ1v) is 19.6. The molecular formula is C52H34N2S. The molecule has 0 N–H and O–H groups in total. The van der Waals surface area contributed by atoms with Crippen LogP contribution in [0.4, 0.5) is 17.1 Å². The molecule has 11 aromatic rings. The smallest absolute Gasteiger partial charge is 0.0541 e. The average molecular weight is 719 g/mol. The first-order valence-electron chi connectivity index (χ1n) is 18.8. The fourth-order valence-corrected chi connectivity index (χ4v) is 9.46. The molecule has 2 heterocycles. The van der Waals surface area contributed by atoms with E-state index in [0.29, 0.717) is 0 Å². The number of hydrogen-bond acceptors (Lipinski definition) is 2. The van der Waals surface area contributed by atoms with Crippen molar-refractivity contribution >= 4 is 81.1 Å². The lowest BCUT2D eigenvalue weighted by atomic mass is 9.98. The van der Waals surface area contributed by atoms with Crippen LogP contribution in [0.5, 0.6) is 0 Å². The molecule has 2 aromatic heterocycles. The lowest BCUT2D eigenvalue weighted by Crippen LogP contribution is -2.09. The molecule has 0 amide bonds. The predicted octanol–water partition coefficient (Wildman–Crippen LogP) is 15.1. The second kappa shape index (κ2) is 12.9. The monoisotopic (exact) mass is 718 g/mol. The van der Waals surface area contributed by atoms with Crippen molar-refractivity contribution in [3.63, 3.8) is 0 Å². The maximum absolute atomic E-state index is 2.38. The molecule has 2 nitrogen and oxygen atoms in total. The summed E-state index contributed by atoms with van der Waals surface area (Å²) in [6.07, 6.45) is 0. The van der Waals surface area contributed by atoms with Crippen molar-refractivity contribution in [3.05, 3.63) is 206 Å². The molecule has 55 heavy (non-hydrogen) atoms. The zero-order valence-corrected chi connectivity index (χ0v) is 30.7. The Labute approximate surface area is 323 Å². The summed E-state index contributed by atoms with van der Waals surface area (Å²) in [5, 5.41) is 7.66. The summed E-state index contributed by atoms with van der Waals surface area (Å²) in [6.45, 7) is 0. The van der Waals surface area contributed by atoms with Crippen molar-refractivity contribution in [2.24, 2.45) is 0 Å². The van der Waals surface area contributed by atoms with Gasteiger partial charge in [0.2, 0.25) is 0 Å². The van der Waals surface area contributed by atoms with Crippen LogP contribution in [-0.4, -0.2) is 4.57 Å². The van der Waals surface area contributed by atoms with Crippen LogP contribution in [-0.2, 0) is 0 Å². The predicted molar refractivity (Wildman–Crippen MR) is 237 cm³/mol. The van der Waals surface area contributed by atoms with Crippen molar-refractivity contribution in [1.29, 1.82) is 0 Å². The zero-order chi connectivity index (χ0) is 36.3. The highest BCUT2D eigenvalue weighted by atomic mass is 32.1. The van der Waals surface area contributed by atoms with Crippen molar-refractivity contribution in [3.8, 4) is 27.9 Å². The van der Waals surface area contributed by atoms with Gasteiger partial charge in [0.25, 0.3) is 0 Å². The van der Waals surface area contributed by atoms with Gasteiger partial charge in [-0.05, 0) is 106 Å². The highest BCUT2D eigenvalue weighted by Crippen LogP contribution is 2.42. The second-order valence-corrected chi connectivity index (χ2v) is 15.2. The number of nitrogens with zero attached hydrogens (tertiary/aromatic N) is 2. The number of hydrogen-bond donors (Lipinski definition) is 0. The van der Waals surface area contributed by atoms with E-state index in [1.165, 1.54) is 75.0 Å².